The van der Waals surface area contributed by atoms with Crippen LogP contribution >= 0.6 is 0 Å². The molecule has 1 rings (SSSR count). The summed E-state index contributed by atoms with van der Waals surface area (Å²) < 4.78 is 26.0. The number of hydrogen-bond acceptors (Lipinski definition) is 4. The predicted molar refractivity (Wildman–Crippen MR) is 66.0 cm³/mol. The minimum absolute atomic E-state index is 0.145. The van der Waals surface area contributed by atoms with Gasteiger partial charge in [0.15, 0.2) is 0 Å². The first-order valence-electron chi connectivity index (χ1n) is 5.85. The van der Waals surface area contributed by atoms with E-state index in [-0.39, 0.29) is 11.8 Å². The SMILES string of the molecule is CN(C)CCCNS(=O)(=O)CC1CCCN1. The second kappa shape index (κ2) is 6.54. The molecule has 0 spiro atoms. The molecule has 5 nitrogen and oxygen atoms in total. The van der Waals surface area contributed by atoms with Gasteiger partial charge in [0.25, 0.3) is 0 Å². The first-order chi connectivity index (χ1) is 7.49. The Kier molecular flexibility index (Phi) is 5.68. The third-order valence-electron chi connectivity index (χ3n) is 2.69. The normalized spacial score (nSPS) is 21.8. The maximum absolute atomic E-state index is 11.7. The van der Waals surface area contributed by atoms with E-state index in [1.165, 1.54) is 0 Å². The molecule has 96 valence electrons. The summed E-state index contributed by atoms with van der Waals surface area (Å²) in [7, 11) is 0.872. The van der Waals surface area contributed by atoms with Crippen molar-refractivity contribution in [2.24, 2.45) is 0 Å². The first kappa shape index (κ1) is 13.9. The highest BCUT2D eigenvalue weighted by atomic mass is 32.2. The molecule has 0 radical (unpaired) electrons. The summed E-state index contributed by atoms with van der Waals surface area (Å²) >= 11 is 0. The molecule has 0 aromatic rings. The van der Waals surface area contributed by atoms with Gasteiger partial charge in [-0.25, -0.2) is 13.1 Å². The van der Waals surface area contributed by atoms with E-state index in [0.29, 0.717) is 6.54 Å². The molecule has 2 N–H and O–H groups in total. The lowest BCUT2D eigenvalue weighted by Gasteiger charge is -2.13. The Morgan fingerprint density at radius 3 is 2.75 bits per heavy atom. The molecule has 1 aliphatic heterocycles. The van der Waals surface area contributed by atoms with Crippen molar-refractivity contribution in [2.75, 3.05) is 39.5 Å². The Labute approximate surface area is 98.6 Å². The maximum atomic E-state index is 11.7. The van der Waals surface area contributed by atoms with Crippen molar-refractivity contribution >= 4 is 10.0 Å². The molecule has 0 aromatic heterocycles. The standard InChI is InChI=1S/C10H23N3O2S/c1-13(2)8-4-7-12-16(14,15)9-10-5-3-6-11-10/h10-12H,3-9H2,1-2H3. The molecule has 16 heavy (non-hydrogen) atoms. The number of nitrogens with zero attached hydrogens (tertiary/aromatic N) is 1. The Morgan fingerprint density at radius 1 is 1.44 bits per heavy atom. The largest absolute Gasteiger partial charge is 0.313 e. The summed E-state index contributed by atoms with van der Waals surface area (Å²) in [6.07, 6.45) is 2.91. The van der Waals surface area contributed by atoms with Crippen LogP contribution in [0, 0.1) is 0 Å². The lowest BCUT2D eigenvalue weighted by molar-refractivity contribution is 0.400. The Morgan fingerprint density at radius 2 is 2.19 bits per heavy atom. The van der Waals surface area contributed by atoms with Gasteiger partial charge in [0, 0.05) is 12.6 Å². The third kappa shape index (κ3) is 5.79. The average molecular weight is 249 g/mol. The highest BCUT2D eigenvalue weighted by Gasteiger charge is 2.21. The molecule has 0 aromatic carbocycles. The number of rotatable bonds is 7. The van der Waals surface area contributed by atoms with Gasteiger partial charge in [-0.05, 0) is 46.4 Å². The fourth-order valence-corrected chi connectivity index (χ4v) is 3.23. The Bertz CT molecular complexity index is 284. The monoisotopic (exact) mass is 249 g/mol. The van der Waals surface area contributed by atoms with Crippen LogP contribution in [0.15, 0.2) is 0 Å². The molecule has 1 fully saturated rings. The van der Waals surface area contributed by atoms with Crippen LogP contribution < -0.4 is 10.0 Å². The van der Waals surface area contributed by atoms with Crippen LogP contribution in [0.5, 0.6) is 0 Å². The van der Waals surface area contributed by atoms with E-state index in [0.717, 1.165) is 32.4 Å². The summed E-state index contributed by atoms with van der Waals surface area (Å²) in [4.78, 5) is 2.05. The minimum atomic E-state index is -3.09. The first-order valence-corrected chi connectivity index (χ1v) is 7.50. The van der Waals surface area contributed by atoms with Crippen LogP contribution in [-0.4, -0.2) is 58.8 Å². The van der Waals surface area contributed by atoms with Crippen LogP contribution in [0.25, 0.3) is 0 Å². The zero-order valence-corrected chi connectivity index (χ0v) is 11.0. The van der Waals surface area contributed by atoms with Gasteiger partial charge in [-0.15, -0.1) is 0 Å². The van der Waals surface area contributed by atoms with Crippen LogP contribution in [0.4, 0.5) is 0 Å². The van der Waals surface area contributed by atoms with Crippen molar-refractivity contribution in [1.82, 2.24) is 14.9 Å². The predicted octanol–water partition coefficient (Wildman–Crippen LogP) is -0.390. The summed E-state index contributed by atoms with van der Waals surface area (Å²) in [5, 5.41) is 3.19. The van der Waals surface area contributed by atoms with E-state index in [4.69, 9.17) is 0 Å². The van der Waals surface area contributed by atoms with Gasteiger partial charge in [-0.1, -0.05) is 0 Å². The molecule has 0 saturated carbocycles. The molecule has 1 aliphatic rings. The van der Waals surface area contributed by atoms with E-state index in [1.54, 1.807) is 0 Å². The number of nitrogens with one attached hydrogen (secondary N) is 2. The molecule has 1 heterocycles. The van der Waals surface area contributed by atoms with Gasteiger partial charge in [0.05, 0.1) is 5.75 Å². The van der Waals surface area contributed by atoms with Crippen molar-refractivity contribution in [3.8, 4) is 0 Å². The van der Waals surface area contributed by atoms with Gasteiger partial charge in [0.1, 0.15) is 0 Å². The molecule has 1 unspecified atom stereocenters. The Hall–Kier alpha value is -0.170. The number of sulfonamides is 1. The highest BCUT2D eigenvalue weighted by Crippen LogP contribution is 2.06. The fourth-order valence-electron chi connectivity index (χ4n) is 1.85. The van der Waals surface area contributed by atoms with Gasteiger partial charge in [0.2, 0.25) is 10.0 Å². The van der Waals surface area contributed by atoms with E-state index >= 15 is 0 Å². The molecule has 0 bridgehead atoms. The van der Waals surface area contributed by atoms with E-state index in [2.05, 4.69) is 10.0 Å². The second-order valence-electron chi connectivity index (χ2n) is 4.63. The van der Waals surface area contributed by atoms with Crippen molar-refractivity contribution < 1.29 is 8.42 Å². The van der Waals surface area contributed by atoms with Crippen molar-refractivity contribution in [3.63, 3.8) is 0 Å². The Balaban J connectivity index is 2.18. The summed E-state index contributed by atoms with van der Waals surface area (Å²) in [5.41, 5.74) is 0. The molecule has 6 heteroatoms. The van der Waals surface area contributed by atoms with Gasteiger partial charge < -0.3 is 10.2 Å². The third-order valence-corrected chi connectivity index (χ3v) is 4.17. The van der Waals surface area contributed by atoms with Crippen LogP contribution in [0.1, 0.15) is 19.3 Å². The van der Waals surface area contributed by atoms with Crippen molar-refractivity contribution in [1.29, 1.82) is 0 Å². The molecule has 1 atom stereocenters. The zero-order valence-electron chi connectivity index (χ0n) is 10.2. The molecule has 0 aliphatic carbocycles. The lowest BCUT2D eigenvalue weighted by Crippen LogP contribution is -2.37. The quantitative estimate of drug-likeness (QED) is 0.603. The molecule has 0 amide bonds. The number of hydrogen-bond donors (Lipinski definition) is 2. The smallest absolute Gasteiger partial charge is 0.213 e. The van der Waals surface area contributed by atoms with Crippen LogP contribution in [0.2, 0.25) is 0 Å². The lowest BCUT2D eigenvalue weighted by atomic mass is 10.3. The summed E-state index contributed by atoms with van der Waals surface area (Å²) in [6.45, 7) is 2.39. The van der Waals surface area contributed by atoms with Gasteiger partial charge in [-0.2, -0.15) is 0 Å². The van der Waals surface area contributed by atoms with Gasteiger partial charge in [-0.3, -0.25) is 0 Å². The molecular weight excluding hydrogens is 226 g/mol. The minimum Gasteiger partial charge on any atom is -0.313 e. The van der Waals surface area contributed by atoms with E-state index < -0.39 is 10.0 Å². The molecular formula is C10H23N3O2S. The second-order valence-corrected chi connectivity index (χ2v) is 6.48. The summed E-state index contributed by atoms with van der Waals surface area (Å²) in [6, 6.07) is 0.145. The highest BCUT2D eigenvalue weighted by molar-refractivity contribution is 7.89. The van der Waals surface area contributed by atoms with Crippen LogP contribution in [0.3, 0.4) is 0 Å². The zero-order chi connectivity index (χ0) is 12.0. The van der Waals surface area contributed by atoms with Crippen LogP contribution in [-0.2, 0) is 10.0 Å². The van der Waals surface area contributed by atoms with E-state index in [9.17, 15) is 8.42 Å². The van der Waals surface area contributed by atoms with Crippen molar-refractivity contribution in [3.05, 3.63) is 0 Å². The average Bonchev–Trinajstić information content (AvgIpc) is 2.64. The maximum Gasteiger partial charge on any atom is 0.213 e. The fraction of sp³-hybridized carbons (Fsp3) is 1.00. The van der Waals surface area contributed by atoms with E-state index in [1.807, 2.05) is 19.0 Å². The topological polar surface area (TPSA) is 61.4 Å². The summed E-state index contributed by atoms with van der Waals surface area (Å²) in [5.74, 6) is 0.217. The molecule has 1 saturated heterocycles. The van der Waals surface area contributed by atoms with Crippen molar-refractivity contribution in [2.45, 2.75) is 25.3 Å². The van der Waals surface area contributed by atoms with Gasteiger partial charge >= 0.3 is 0 Å².